The minimum atomic E-state index is -0.517. The molecule has 0 unspecified atom stereocenters. The Labute approximate surface area is 232 Å². The molecule has 0 heterocycles. The van der Waals surface area contributed by atoms with Crippen LogP contribution in [0.3, 0.4) is 0 Å². The van der Waals surface area contributed by atoms with Crippen molar-refractivity contribution in [2.45, 2.75) is 39.3 Å². The van der Waals surface area contributed by atoms with Crippen molar-refractivity contribution in [1.82, 2.24) is 0 Å². The van der Waals surface area contributed by atoms with Crippen molar-refractivity contribution < 1.29 is 0 Å². The van der Waals surface area contributed by atoms with Crippen molar-refractivity contribution in [3.8, 4) is 0 Å². The predicted octanol–water partition coefficient (Wildman–Crippen LogP) is 5.42. The molecule has 0 nitrogen and oxygen atoms in total. The third-order valence-electron chi connectivity index (χ3n) is 3.67. The van der Waals surface area contributed by atoms with E-state index in [2.05, 4.69) is 161 Å². The van der Waals surface area contributed by atoms with E-state index in [1.54, 1.807) is 0 Å². The van der Waals surface area contributed by atoms with Gasteiger partial charge in [0.2, 0.25) is 0 Å². The maximum atomic E-state index is 2.27. The fourth-order valence-corrected chi connectivity index (χ4v) is 8.42. The summed E-state index contributed by atoms with van der Waals surface area (Å²) in [6.45, 7) is 13.6. The van der Waals surface area contributed by atoms with E-state index in [1.165, 1.54) is 14.3 Å². The van der Waals surface area contributed by atoms with Crippen LogP contribution in [0.2, 0.25) is 39.3 Å². The van der Waals surface area contributed by atoms with E-state index < -0.39 is 42.3 Å². The number of benzene rings is 4. The van der Waals surface area contributed by atoms with Crippen molar-refractivity contribution in [2.24, 2.45) is 0 Å². The summed E-state index contributed by atoms with van der Waals surface area (Å²) in [5, 5.41) is 0. The van der Waals surface area contributed by atoms with Gasteiger partial charge in [0.15, 0.2) is 0 Å². The Bertz CT molecular complexity index is 798. The maximum absolute atomic E-state index is 2.27. The van der Waals surface area contributed by atoms with Gasteiger partial charge in [-0.2, -0.15) is 0 Å². The Morgan fingerprint density at radius 2 is 0.471 bits per heavy atom. The van der Waals surface area contributed by atoms with Gasteiger partial charge >= 0.3 is 178 Å². The van der Waals surface area contributed by atoms with Gasteiger partial charge in [-0.15, -0.1) is 0 Å². The number of hydrogen-bond donors (Lipinski definition) is 0. The Balaban J connectivity index is 0.000000261. The molecular weight excluding hydrogens is 654 g/mol. The van der Waals surface area contributed by atoms with Crippen LogP contribution in [0.5, 0.6) is 0 Å². The van der Waals surface area contributed by atoms with E-state index in [1.807, 2.05) is 0 Å². The molecule has 0 saturated carbocycles. The van der Waals surface area contributed by atoms with Crippen LogP contribution in [0, 0.1) is 0 Å². The average Bonchev–Trinajstić information content (AvgIpc) is 2.82. The van der Waals surface area contributed by atoms with Gasteiger partial charge in [0.05, 0.1) is 0 Å². The van der Waals surface area contributed by atoms with Crippen molar-refractivity contribution in [3.05, 3.63) is 121 Å². The van der Waals surface area contributed by atoms with Crippen LogP contribution >= 0.6 is 0 Å². The zero-order chi connectivity index (χ0) is 25.0. The van der Waals surface area contributed by atoms with E-state index in [4.69, 9.17) is 0 Å². The van der Waals surface area contributed by atoms with Crippen LogP contribution in [0.4, 0.5) is 0 Å². The zero-order valence-electron chi connectivity index (χ0n) is 21.5. The Hall–Kier alpha value is -1.09. The molecule has 0 aliphatic rings. The van der Waals surface area contributed by atoms with Gasteiger partial charge in [-0.1, -0.05) is 39.3 Å². The van der Waals surface area contributed by atoms with Gasteiger partial charge in [0.1, 0.15) is 0 Å². The second kappa shape index (κ2) is 20.1. The van der Waals surface area contributed by atoms with Crippen molar-refractivity contribution in [1.29, 1.82) is 0 Å². The minimum absolute atomic E-state index is 0.120. The molecule has 0 fully saturated rings. The normalized spacial score (nSPS) is 9.65. The third kappa shape index (κ3) is 18.3. The van der Waals surface area contributed by atoms with Gasteiger partial charge in [-0.25, -0.2) is 0 Å². The van der Waals surface area contributed by atoms with E-state index >= 15 is 0 Å². The fourth-order valence-electron chi connectivity index (χ4n) is 2.42. The number of rotatable bonds is 4. The van der Waals surface area contributed by atoms with Gasteiger partial charge in [0.25, 0.3) is 0 Å². The van der Waals surface area contributed by atoms with Gasteiger partial charge in [-0.05, 0) is 0 Å². The summed E-state index contributed by atoms with van der Waals surface area (Å²) in [6.07, 6.45) is 0. The van der Waals surface area contributed by atoms with Gasteiger partial charge in [-0.3, -0.25) is 0 Å². The van der Waals surface area contributed by atoms with E-state index in [-0.39, 0.29) is 17.6 Å². The Morgan fingerprint density at radius 1 is 0.324 bits per heavy atom. The molecule has 4 heteroatoms. The summed E-state index contributed by atoms with van der Waals surface area (Å²) >= 11 is -1.03. The molecule has 0 saturated heterocycles. The average molecular weight is 692 g/mol. The summed E-state index contributed by atoms with van der Waals surface area (Å²) in [4.78, 5) is 0. The summed E-state index contributed by atoms with van der Waals surface area (Å²) < 4.78 is 6.16. The Morgan fingerprint density at radius 3 is 0.618 bits per heavy atom. The summed E-state index contributed by atoms with van der Waals surface area (Å²) in [6, 6.07) is 43.2. The molecule has 0 aliphatic heterocycles. The summed E-state index contributed by atoms with van der Waals surface area (Å²) in [7, 11) is 0.241. The first-order valence-electron chi connectivity index (χ1n) is 11.6. The van der Waals surface area contributed by atoms with Crippen LogP contribution in [-0.4, -0.2) is 59.9 Å². The molecule has 0 aliphatic carbocycles. The molecule has 4 rings (SSSR count). The quantitative estimate of drug-likeness (QED) is 0.251. The predicted molar refractivity (Wildman–Crippen MR) is 163 cm³/mol. The summed E-state index contributed by atoms with van der Waals surface area (Å²) in [5.41, 5.74) is 0. The molecule has 4 aromatic carbocycles. The first-order valence-corrected chi connectivity index (χ1v) is 23.4. The fraction of sp³-hybridized carbons (Fsp3) is 0.200. The second-order valence-corrected chi connectivity index (χ2v) is 22.7. The van der Waals surface area contributed by atoms with Crippen LogP contribution in [0.25, 0.3) is 0 Å². The Kier molecular flexibility index (Phi) is 18.3. The van der Waals surface area contributed by atoms with E-state index in [0.717, 1.165) is 0 Å². The first-order chi connectivity index (χ1) is 16.4. The van der Waals surface area contributed by atoms with Gasteiger partial charge in [0, 0.05) is 17.6 Å². The topological polar surface area (TPSA) is 0 Å². The van der Waals surface area contributed by atoms with Crippen LogP contribution in [0.15, 0.2) is 121 Å². The molecular formula is C30H38Si2Sn2. The van der Waals surface area contributed by atoms with E-state index in [9.17, 15) is 0 Å². The molecule has 0 aromatic heterocycles. The third-order valence-corrected chi connectivity index (χ3v) is 10.8. The number of hydrogen-bond acceptors (Lipinski definition) is 0. The SMILES string of the molecule is C[Si](C)C.C[Si](C)C.c1cc[c]([Sn][c]2ccccc2)cc1.c1cc[c]([Sn][c]2ccccc2)cc1. The molecule has 0 N–H and O–H groups in total. The van der Waals surface area contributed by atoms with Crippen molar-refractivity contribution in [3.63, 3.8) is 0 Å². The van der Waals surface area contributed by atoms with Crippen molar-refractivity contribution >= 4 is 74.2 Å². The van der Waals surface area contributed by atoms with E-state index in [0.29, 0.717) is 0 Å². The molecule has 0 spiro atoms. The van der Waals surface area contributed by atoms with Crippen LogP contribution in [0.1, 0.15) is 0 Å². The van der Waals surface area contributed by atoms with Crippen LogP contribution < -0.4 is 14.3 Å². The first kappa shape index (κ1) is 30.9. The second-order valence-electron chi connectivity index (χ2n) is 8.71. The zero-order valence-corrected chi connectivity index (χ0v) is 29.3. The standard InChI is InChI=1S/4C6H5.2C3H9Si.2Sn/c4*1-2-4-6-5-3-1;2*1-4(2)3;;/h4*1-5H;2*1-3H3;;. The molecule has 34 heavy (non-hydrogen) atoms. The molecule has 0 amide bonds. The molecule has 0 bridgehead atoms. The molecule has 6 radical (unpaired) electrons. The van der Waals surface area contributed by atoms with Crippen LogP contribution in [-0.2, 0) is 0 Å². The molecule has 174 valence electrons. The van der Waals surface area contributed by atoms with Gasteiger partial charge < -0.3 is 0 Å². The molecule has 0 atom stereocenters. The monoisotopic (exact) mass is 694 g/mol. The van der Waals surface area contributed by atoms with Crippen molar-refractivity contribution in [2.75, 3.05) is 0 Å². The molecule has 4 aromatic rings. The summed E-state index contributed by atoms with van der Waals surface area (Å²) in [5.74, 6) is 0.